The summed E-state index contributed by atoms with van der Waals surface area (Å²) in [6, 6.07) is 5.63. The smallest absolute Gasteiger partial charge is 0.123 e. The third-order valence-electron chi connectivity index (χ3n) is 4.14. The largest absolute Gasteiger partial charge is 0.314 e. The number of rotatable bonds is 5. The van der Waals surface area contributed by atoms with Crippen LogP contribution in [-0.4, -0.2) is 12.6 Å². The van der Waals surface area contributed by atoms with Gasteiger partial charge in [-0.15, -0.1) is 0 Å². The van der Waals surface area contributed by atoms with Gasteiger partial charge < -0.3 is 5.32 Å². The van der Waals surface area contributed by atoms with Crippen molar-refractivity contribution < 1.29 is 4.39 Å². The summed E-state index contributed by atoms with van der Waals surface area (Å²) in [5, 5.41) is 3.61. The Labute approximate surface area is 124 Å². The van der Waals surface area contributed by atoms with Crippen LogP contribution in [0.5, 0.6) is 0 Å². The second-order valence-corrected chi connectivity index (χ2v) is 6.97. The highest BCUT2D eigenvalue weighted by atomic mass is 79.9. The zero-order valence-electron chi connectivity index (χ0n) is 11.8. The van der Waals surface area contributed by atoms with Crippen molar-refractivity contribution >= 4 is 15.9 Å². The van der Waals surface area contributed by atoms with Crippen LogP contribution in [0.25, 0.3) is 0 Å². The van der Waals surface area contributed by atoms with Gasteiger partial charge in [0.15, 0.2) is 0 Å². The van der Waals surface area contributed by atoms with Crippen LogP contribution in [0.1, 0.15) is 45.1 Å². The van der Waals surface area contributed by atoms with Crippen LogP contribution in [-0.2, 0) is 6.42 Å². The Kier molecular flexibility index (Phi) is 5.02. The monoisotopic (exact) mass is 327 g/mol. The summed E-state index contributed by atoms with van der Waals surface area (Å²) in [6.07, 6.45) is 5.79. The van der Waals surface area contributed by atoms with Gasteiger partial charge >= 0.3 is 0 Å². The lowest BCUT2D eigenvalue weighted by molar-refractivity contribution is 0.321. The Morgan fingerprint density at radius 1 is 1.47 bits per heavy atom. The first-order valence-corrected chi connectivity index (χ1v) is 7.99. The van der Waals surface area contributed by atoms with E-state index in [4.69, 9.17) is 0 Å². The molecule has 2 rings (SSSR count). The predicted octanol–water partition coefficient (Wildman–Crippen LogP) is 4.69. The summed E-state index contributed by atoms with van der Waals surface area (Å²) in [5.41, 5.74) is 1.39. The van der Waals surface area contributed by atoms with Crippen LogP contribution in [0, 0.1) is 11.2 Å². The second kappa shape index (κ2) is 6.36. The molecule has 3 heteroatoms. The quantitative estimate of drug-likeness (QED) is 0.827. The fourth-order valence-electron chi connectivity index (χ4n) is 3.14. The first-order valence-electron chi connectivity index (χ1n) is 7.20. The Hall–Kier alpha value is -0.410. The van der Waals surface area contributed by atoms with Crippen molar-refractivity contribution in [1.29, 1.82) is 0 Å². The van der Waals surface area contributed by atoms with E-state index in [0.717, 1.165) is 23.0 Å². The number of halogens is 2. The Bertz CT molecular complexity index is 435. The van der Waals surface area contributed by atoms with Crippen molar-refractivity contribution in [3.8, 4) is 0 Å². The molecule has 1 aliphatic rings. The van der Waals surface area contributed by atoms with E-state index in [2.05, 4.69) is 35.1 Å². The van der Waals surface area contributed by atoms with Gasteiger partial charge in [0.2, 0.25) is 0 Å². The normalized spacial score (nSPS) is 26.8. The minimum Gasteiger partial charge on any atom is -0.314 e. The van der Waals surface area contributed by atoms with Gasteiger partial charge in [-0.05, 0) is 67.8 Å². The summed E-state index contributed by atoms with van der Waals surface area (Å²) >= 11 is 3.54. The standard InChI is InChI=1S/C16H23BrFN/c1-3-8-19-14-6-7-16(2,11-14)10-12-9-13(18)4-5-15(12)17/h4-5,9,14,19H,3,6-8,10-11H2,1-2H3. The molecule has 19 heavy (non-hydrogen) atoms. The van der Waals surface area contributed by atoms with Gasteiger partial charge in [0.25, 0.3) is 0 Å². The van der Waals surface area contributed by atoms with E-state index in [9.17, 15) is 4.39 Å². The first kappa shape index (κ1) is 15.0. The van der Waals surface area contributed by atoms with Crippen LogP contribution >= 0.6 is 15.9 Å². The molecule has 1 N–H and O–H groups in total. The van der Waals surface area contributed by atoms with Crippen LogP contribution < -0.4 is 5.32 Å². The molecule has 0 bridgehead atoms. The zero-order chi connectivity index (χ0) is 13.9. The molecule has 2 atom stereocenters. The van der Waals surface area contributed by atoms with E-state index in [1.54, 1.807) is 6.07 Å². The SMILES string of the molecule is CCCNC1CCC(C)(Cc2cc(F)ccc2Br)C1. The number of hydrogen-bond acceptors (Lipinski definition) is 1. The summed E-state index contributed by atoms with van der Waals surface area (Å²) in [5.74, 6) is -0.138. The Morgan fingerprint density at radius 3 is 3.00 bits per heavy atom. The van der Waals surface area contributed by atoms with Crippen molar-refractivity contribution in [3.63, 3.8) is 0 Å². The molecule has 106 valence electrons. The average molecular weight is 328 g/mol. The van der Waals surface area contributed by atoms with Crippen LogP contribution in [0.15, 0.2) is 22.7 Å². The fraction of sp³-hybridized carbons (Fsp3) is 0.625. The maximum Gasteiger partial charge on any atom is 0.123 e. The molecule has 0 amide bonds. The van der Waals surface area contributed by atoms with E-state index >= 15 is 0 Å². The maximum atomic E-state index is 13.4. The van der Waals surface area contributed by atoms with Crippen molar-refractivity contribution in [1.82, 2.24) is 5.32 Å². The zero-order valence-corrected chi connectivity index (χ0v) is 13.4. The van der Waals surface area contributed by atoms with Crippen molar-refractivity contribution in [2.75, 3.05) is 6.54 Å². The lowest BCUT2D eigenvalue weighted by Gasteiger charge is -2.25. The molecule has 2 unspecified atom stereocenters. The van der Waals surface area contributed by atoms with Crippen molar-refractivity contribution in [2.24, 2.45) is 5.41 Å². The molecule has 1 aromatic rings. The van der Waals surface area contributed by atoms with Gasteiger partial charge in [-0.3, -0.25) is 0 Å². The topological polar surface area (TPSA) is 12.0 Å². The first-order chi connectivity index (χ1) is 9.02. The second-order valence-electron chi connectivity index (χ2n) is 6.12. The molecular formula is C16H23BrFN. The molecule has 1 aromatic carbocycles. The highest BCUT2D eigenvalue weighted by molar-refractivity contribution is 9.10. The molecule has 1 nitrogen and oxygen atoms in total. The van der Waals surface area contributed by atoms with Crippen molar-refractivity contribution in [2.45, 2.75) is 52.0 Å². The molecule has 0 aromatic heterocycles. The molecule has 0 aliphatic heterocycles. The fourth-order valence-corrected chi connectivity index (χ4v) is 3.53. The summed E-state index contributed by atoms with van der Waals surface area (Å²) in [4.78, 5) is 0. The van der Waals surface area contributed by atoms with Crippen LogP contribution in [0.4, 0.5) is 4.39 Å². The number of hydrogen-bond donors (Lipinski definition) is 1. The summed E-state index contributed by atoms with van der Waals surface area (Å²) in [7, 11) is 0. The van der Waals surface area contributed by atoms with Gasteiger partial charge in [-0.2, -0.15) is 0 Å². The summed E-state index contributed by atoms with van der Waals surface area (Å²) in [6.45, 7) is 5.63. The van der Waals surface area contributed by atoms with E-state index < -0.39 is 0 Å². The molecule has 0 spiro atoms. The molecule has 1 aliphatic carbocycles. The number of nitrogens with one attached hydrogen (secondary N) is 1. The predicted molar refractivity (Wildman–Crippen MR) is 81.8 cm³/mol. The van der Waals surface area contributed by atoms with Crippen molar-refractivity contribution in [3.05, 3.63) is 34.1 Å². The van der Waals surface area contributed by atoms with Crippen LogP contribution in [0.2, 0.25) is 0 Å². The molecule has 0 saturated heterocycles. The highest BCUT2D eigenvalue weighted by Crippen LogP contribution is 2.41. The van der Waals surface area contributed by atoms with Gasteiger partial charge in [0, 0.05) is 10.5 Å². The molecule has 0 heterocycles. The lowest BCUT2D eigenvalue weighted by Crippen LogP contribution is -2.29. The molecular weight excluding hydrogens is 305 g/mol. The number of benzene rings is 1. The van der Waals surface area contributed by atoms with E-state index in [0.29, 0.717) is 11.5 Å². The van der Waals surface area contributed by atoms with E-state index in [1.165, 1.54) is 31.7 Å². The minimum atomic E-state index is -0.138. The Morgan fingerprint density at radius 2 is 2.26 bits per heavy atom. The molecule has 0 radical (unpaired) electrons. The Balaban J connectivity index is 2.00. The molecule has 1 fully saturated rings. The van der Waals surface area contributed by atoms with Gasteiger partial charge in [-0.25, -0.2) is 4.39 Å². The van der Waals surface area contributed by atoms with E-state index in [1.807, 2.05) is 6.07 Å². The third-order valence-corrected chi connectivity index (χ3v) is 4.92. The summed E-state index contributed by atoms with van der Waals surface area (Å²) < 4.78 is 14.4. The third kappa shape index (κ3) is 4.03. The maximum absolute atomic E-state index is 13.4. The molecule has 1 saturated carbocycles. The average Bonchev–Trinajstić information content (AvgIpc) is 2.73. The minimum absolute atomic E-state index is 0.138. The highest BCUT2D eigenvalue weighted by Gasteiger charge is 2.35. The lowest BCUT2D eigenvalue weighted by atomic mass is 9.82. The van der Waals surface area contributed by atoms with Gasteiger partial charge in [-0.1, -0.05) is 29.8 Å². The van der Waals surface area contributed by atoms with Crippen LogP contribution in [0.3, 0.4) is 0 Å². The van der Waals surface area contributed by atoms with Gasteiger partial charge in [0.1, 0.15) is 5.82 Å². The van der Waals surface area contributed by atoms with Gasteiger partial charge in [0.05, 0.1) is 0 Å². The van der Waals surface area contributed by atoms with E-state index in [-0.39, 0.29) is 5.82 Å².